The van der Waals surface area contributed by atoms with E-state index in [1.807, 2.05) is 0 Å². The quantitative estimate of drug-likeness (QED) is 0.484. The van der Waals surface area contributed by atoms with E-state index in [0.717, 1.165) is 18.4 Å². The molecule has 0 bridgehead atoms. The molecule has 0 saturated heterocycles. The van der Waals surface area contributed by atoms with Gasteiger partial charge in [0.1, 0.15) is 0 Å². The van der Waals surface area contributed by atoms with Crippen molar-refractivity contribution in [2.24, 2.45) is 5.92 Å². The van der Waals surface area contributed by atoms with Crippen LogP contribution >= 0.6 is 24.8 Å². The Morgan fingerprint density at radius 2 is 1.30 bits per heavy atom. The van der Waals surface area contributed by atoms with E-state index in [1.165, 1.54) is 44.3 Å². The Morgan fingerprint density at radius 3 is 1.67 bits per heavy atom. The molecule has 0 aromatic heterocycles. The summed E-state index contributed by atoms with van der Waals surface area (Å²) in [4.78, 5) is 0. The van der Waals surface area contributed by atoms with Crippen LogP contribution in [0, 0.1) is 26.7 Å². The van der Waals surface area contributed by atoms with Crippen LogP contribution in [-0.2, 0) is 20.4 Å². The molecule has 0 saturated carbocycles. The molecule has 1 aromatic rings. The molecule has 0 heterocycles. The van der Waals surface area contributed by atoms with Crippen LogP contribution in [-0.4, -0.2) is 18.4 Å². The molecule has 1 aliphatic rings. The monoisotopic (exact) mass is 523 g/mol. The SMILES string of the molecule is CC1=C(C)C(C)[C]([Ti]([CH3])([CH3])([SiH3])[O]c2c(C)c(C)c(C)c(C(C)(C)C)c2[SiH3])=C1C.Cl.Cl. The van der Waals surface area contributed by atoms with Gasteiger partial charge in [0.2, 0.25) is 0 Å². The van der Waals surface area contributed by atoms with Crippen molar-refractivity contribution in [1.82, 2.24) is 0 Å². The molecule has 173 valence electrons. The van der Waals surface area contributed by atoms with Gasteiger partial charge >= 0.3 is 181 Å². The first-order chi connectivity index (χ1) is 12.4. The zero-order valence-electron chi connectivity index (χ0n) is 21.8. The predicted octanol–water partition coefficient (Wildman–Crippen LogP) is 5.36. The molecule has 0 spiro atoms. The van der Waals surface area contributed by atoms with Crippen molar-refractivity contribution in [3.63, 3.8) is 0 Å². The van der Waals surface area contributed by atoms with E-state index >= 15 is 0 Å². The van der Waals surface area contributed by atoms with E-state index in [4.69, 9.17) is 3.32 Å². The van der Waals surface area contributed by atoms with Crippen LogP contribution in [0.5, 0.6) is 5.75 Å². The Bertz CT molecular complexity index is 916. The number of allylic oxidation sites excluding steroid dienone is 4. The fraction of sp³-hybridized carbons (Fsp3) is 0.583. The van der Waals surface area contributed by atoms with Crippen LogP contribution in [0.1, 0.15) is 70.7 Å². The molecular weight excluding hydrogens is 479 g/mol. The Balaban J connectivity index is 0.00000420. The van der Waals surface area contributed by atoms with Gasteiger partial charge in [-0.05, 0) is 0 Å². The summed E-state index contributed by atoms with van der Waals surface area (Å²) in [6.07, 6.45) is 0. The molecule has 0 radical (unpaired) electrons. The van der Waals surface area contributed by atoms with Gasteiger partial charge in [-0.2, -0.15) is 0 Å². The van der Waals surface area contributed by atoms with Gasteiger partial charge in [0, 0.05) is 0 Å². The van der Waals surface area contributed by atoms with Crippen LogP contribution < -0.4 is 8.51 Å². The number of halogens is 2. The minimum absolute atomic E-state index is 0. The maximum Gasteiger partial charge on any atom is -0.147 e. The summed E-state index contributed by atoms with van der Waals surface area (Å²) in [7, 11) is 2.15. The number of hydrogen-bond acceptors (Lipinski definition) is 1. The van der Waals surface area contributed by atoms with Crippen LogP contribution in [0.2, 0.25) is 10.5 Å². The average molecular weight is 525 g/mol. The van der Waals surface area contributed by atoms with Crippen molar-refractivity contribution in [2.45, 2.75) is 85.1 Å². The minimum atomic E-state index is -3.22. The van der Waals surface area contributed by atoms with Gasteiger partial charge in [-0.25, -0.2) is 0 Å². The topological polar surface area (TPSA) is 9.23 Å². The normalized spacial score (nSPS) is 18.8. The molecule has 0 aliphatic heterocycles. The molecule has 1 aromatic carbocycles. The van der Waals surface area contributed by atoms with Crippen LogP contribution in [0.25, 0.3) is 0 Å². The Kier molecular flexibility index (Phi) is 9.30. The third-order valence-corrected chi connectivity index (χ3v) is 16.9. The van der Waals surface area contributed by atoms with Crippen molar-refractivity contribution >= 4 is 48.4 Å². The van der Waals surface area contributed by atoms with Crippen molar-refractivity contribution in [2.75, 3.05) is 0 Å². The summed E-state index contributed by atoms with van der Waals surface area (Å²) in [5.74, 6) is 1.78. The summed E-state index contributed by atoms with van der Waals surface area (Å²) in [6, 6.07) is 0. The average Bonchev–Trinajstić information content (AvgIpc) is 2.72. The van der Waals surface area contributed by atoms with E-state index in [1.54, 1.807) is 9.45 Å². The number of rotatable bonds is 3. The van der Waals surface area contributed by atoms with Gasteiger partial charge in [-0.15, -0.1) is 24.8 Å². The smallest absolute Gasteiger partial charge is 0.147 e. The second kappa shape index (κ2) is 9.23. The first-order valence-corrected chi connectivity index (χ1v) is 22.0. The second-order valence-electron chi connectivity index (χ2n) is 11.6. The Labute approximate surface area is 205 Å². The zero-order valence-corrected chi connectivity index (χ0v) is 29.0. The van der Waals surface area contributed by atoms with Crippen molar-refractivity contribution < 1.29 is 18.3 Å². The third kappa shape index (κ3) is 5.07. The summed E-state index contributed by atoms with van der Waals surface area (Å²) in [5.41, 5.74) is 10.5. The van der Waals surface area contributed by atoms with Gasteiger partial charge in [-0.1, -0.05) is 0 Å². The standard InChI is InChI=1S/C13H22OSi.C9H13.2CH3.2ClH.H3Si.Ti/c1-7-8(2)10(13(4,5)6)12(15)11(14)9(7)3;1-6-5-7(2)9(4)8(6)3;;;;;;/h14H,1-6,15H3;6H,1-4H3;2*1H3;2*1H;1H3;/q;;;;;;;+1/p-1. The van der Waals surface area contributed by atoms with Gasteiger partial charge < -0.3 is 0 Å². The number of benzene rings is 1. The van der Waals surface area contributed by atoms with E-state index in [9.17, 15) is 0 Å². The van der Waals surface area contributed by atoms with E-state index in [-0.39, 0.29) is 30.2 Å². The first-order valence-electron chi connectivity index (χ1n) is 10.8. The summed E-state index contributed by atoms with van der Waals surface area (Å²) >= 11 is -3.22. The predicted molar refractivity (Wildman–Crippen MR) is 146 cm³/mol. The first kappa shape index (κ1) is 30.2. The summed E-state index contributed by atoms with van der Waals surface area (Å²) in [6.45, 7) is 23.3. The maximum absolute atomic E-state index is 7.35. The molecule has 1 nitrogen and oxygen atoms in total. The molecule has 0 fully saturated rings. The van der Waals surface area contributed by atoms with Crippen molar-refractivity contribution in [3.8, 4) is 5.75 Å². The molecule has 1 aliphatic carbocycles. The van der Waals surface area contributed by atoms with Crippen LogP contribution in [0.4, 0.5) is 0 Å². The van der Waals surface area contributed by atoms with E-state index < -0.39 is 14.9 Å². The minimum Gasteiger partial charge on any atom is -0.147 e. The molecule has 1 unspecified atom stereocenters. The summed E-state index contributed by atoms with van der Waals surface area (Å²) in [5, 5.41) is 6.54. The van der Waals surface area contributed by atoms with E-state index in [0.29, 0.717) is 5.92 Å². The largest absolute Gasteiger partial charge is 0.147 e. The molecule has 6 heteroatoms. The van der Waals surface area contributed by atoms with Gasteiger partial charge in [0.15, 0.2) is 0 Å². The van der Waals surface area contributed by atoms with E-state index in [2.05, 4.69) is 79.7 Å². The Morgan fingerprint density at radius 1 is 0.833 bits per heavy atom. The van der Waals surface area contributed by atoms with Crippen molar-refractivity contribution in [1.29, 1.82) is 0 Å². The maximum atomic E-state index is 7.35. The fourth-order valence-electron chi connectivity index (χ4n) is 5.75. The Hall–Kier alpha value is 0.228. The van der Waals surface area contributed by atoms with Crippen LogP contribution in [0.15, 0.2) is 20.6 Å². The molecule has 0 amide bonds. The zero-order chi connectivity index (χ0) is 22.0. The molecular formula is C24H45Cl2OSi2Ti. The summed E-state index contributed by atoms with van der Waals surface area (Å²) < 4.78 is 9.02. The third-order valence-electron chi connectivity index (χ3n) is 7.32. The van der Waals surface area contributed by atoms with Gasteiger partial charge in [0.05, 0.1) is 0 Å². The second-order valence-corrected chi connectivity index (χ2v) is 35.0. The fourth-order valence-corrected chi connectivity index (χ4v) is 18.5. The molecule has 2 rings (SSSR count). The van der Waals surface area contributed by atoms with Crippen molar-refractivity contribution in [3.05, 3.63) is 42.9 Å². The molecule has 30 heavy (non-hydrogen) atoms. The molecule has 1 atom stereocenters. The van der Waals surface area contributed by atoms with Gasteiger partial charge in [-0.3, -0.25) is 0 Å². The van der Waals surface area contributed by atoms with Gasteiger partial charge in [0.25, 0.3) is 0 Å². The number of hydrogen-bond donors (Lipinski definition) is 0. The molecule has 0 N–H and O–H groups in total. The van der Waals surface area contributed by atoms with Crippen LogP contribution in [0.3, 0.4) is 0 Å².